The molecule has 0 aliphatic heterocycles. The van der Waals surface area contributed by atoms with Crippen molar-refractivity contribution in [3.05, 3.63) is 35.4 Å². The first-order chi connectivity index (χ1) is 6.52. The summed E-state index contributed by atoms with van der Waals surface area (Å²) in [6.45, 7) is 3.19. The van der Waals surface area contributed by atoms with Gasteiger partial charge in [-0.05, 0) is 25.0 Å². The molecule has 78 valence electrons. The SMILES string of the molecule is CC(F)c1cccc(C(O)C(C)N)c1. The molecule has 0 radical (unpaired) electrons. The van der Waals surface area contributed by atoms with Crippen LogP contribution in [0.3, 0.4) is 0 Å². The fraction of sp³-hybridized carbons (Fsp3) is 0.455. The third kappa shape index (κ3) is 2.53. The van der Waals surface area contributed by atoms with Gasteiger partial charge in [-0.25, -0.2) is 4.39 Å². The summed E-state index contributed by atoms with van der Waals surface area (Å²) in [5.41, 5.74) is 6.79. The Morgan fingerprint density at radius 2 is 1.86 bits per heavy atom. The molecule has 0 aliphatic carbocycles. The number of benzene rings is 1. The summed E-state index contributed by atoms with van der Waals surface area (Å²) in [5.74, 6) is 0. The first-order valence-electron chi connectivity index (χ1n) is 4.70. The zero-order chi connectivity index (χ0) is 10.7. The van der Waals surface area contributed by atoms with Gasteiger partial charge < -0.3 is 10.8 Å². The summed E-state index contributed by atoms with van der Waals surface area (Å²) >= 11 is 0. The Bertz CT molecular complexity index is 299. The van der Waals surface area contributed by atoms with Crippen molar-refractivity contribution in [2.45, 2.75) is 32.2 Å². The Hall–Kier alpha value is -0.930. The molecule has 3 atom stereocenters. The first-order valence-corrected chi connectivity index (χ1v) is 4.70. The highest BCUT2D eigenvalue weighted by Crippen LogP contribution is 2.22. The molecule has 2 nitrogen and oxygen atoms in total. The van der Waals surface area contributed by atoms with E-state index in [-0.39, 0.29) is 6.04 Å². The second-order valence-corrected chi connectivity index (χ2v) is 3.59. The van der Waals surface area contributed by atoms with Crippen LogP contribution in [0.2, 0.25) is 0 Å². The largest absolute Gasteiger partial charge is 0.387 e. The molecule has 0 amide bonds. The Labute approximate surface area is 83.6 Å². The lowest BCUT2D eigenvalue weighted by Gasteiger charge is -2.15. The van der Waals surface area contributed by atoms with Crippen LogP contribution in [0.15, 0.2) is 24.3 Å². The lowest BCUT2D eigenvalue weighted by atomic mass is 10.0. The minimum atomic E-state index is -1.02. The topological polar surface area (TPSA) is 46.2 Å². The van der Waals surface area contributed by atoms with Crippen LogP contribution in [0, 0.1) is 0 Å². The Morgan fingerprint density at radius 1 is 1.29 bits per heavy atom. The molecule has 1 aromatic rings. The van der Waals surface area contributed by atoms with Crippen molar-refractivity contribution in [1.29, 1.82) is 0 Å². The average Bonchev–Trinajstić information content (AvgIpc) is 2.16. The van der Waals surface area contributed by atoms with Crippen LogP contribution in [-0.2, 0) is 0 Å². The van der Waals surface area contributed by atoms with E-state index in [2.05, 4.69) is 0 Å². The van der Waals surface area contributed by atoms with Crippen molar-refractivity contribution in [3.8, 4) is 0 Å². The number of rotatable bonds is 3. The number of aliphatic hydroxyl groups is 1. The average molecular weight is 197 g/mol. The molecule has 0 heterocycles. The van der Waals surface area contributed by atoms with Crippen molar-refractivity contribution >= 4 is 0 Å². The van der Waals surface area contributed by atoms with Crippen LogP contribution in [0.1, 0.15) is 37.3 Å². The minimum Gasteiger partial charge on any atom is -0.387 e. The highest BCUT2D eigenvalue weighted by molar-refractivity contribution is 5.27. The second-order valence-electron chi connectivity index (χ2n) is 3.59. The molecule has 14 heavy (non-hydrogen) atoms. The molecule has 1 rings (SSSR count). The normalized spacial score (nSPS) is 17.5. The molecule has 0 bridgehead atoms. The van der Waals surface area contributed by atoms with E-state index in [4.69, 9.17) is 5.73 Å². The molecule has 3 N–H and O–H groups in total. The number of alkyl halides is 1. The van der Waals surface area contributed by atoms with Gasteiger partial charge in [0.25, 0.3) is 0 Å². The molecule has 0 fully saturated rings. The Balaban J connectivity index is 2.93. The lowest BCUT2D eigenvalue weighted by molar-refractivity contribution is 0.153. The molecule has 1 aromatic carbocycles. The van der Waals surface area contributed by atoms with Gasteiger partial charge in [0.05, 0.1) is 6.10 Å². The van der Waals surface area contributed by atoms with Gasteiger partial charge in [-0.2, -0.15) is 0 Å². The van der Waals surface area contributed by atoms with E-state index >= 15 is 0 Å². The van der Waals surface area contributed by atoms with Crippen LogP contribution >= 0.6 is 0 Å². The van der Waals surface area contributed by atoms with Crippen molar-refractivity contribution in [1.82, 2.24) is 0 Å². The maximum atomic E-state index is 13.0. The van der Waals surface area contributed by atoms with Gasteiger partial charge in [0.2, 0.25) is 0 Å². The number of halogens is 1. The maximum Gasteiger partial charge on any atom is 0.122 e. The van der Waals surface area contributed by atoms with Gasteiger partial charge in [0.1, 0.15) is 6.17 Å². The molecule has 0 saturated heterocycles. The van der Waals surface area contributed by atoms with Crippen LogP contribution in [0.25, 0.3) is 0 Å². The molecule has 0 saturated carbocycles. The van der Waals surface area contributed by atoms with Gasteiger partial charge in [-0.3, -0.25) is 0 Å². The zero-order valence-electron chi connectivity index (χ0n) is 8.44. The van der Waals surface area contributed by atoms with E-state index in [1.54, 1.807) is 31.2 Å². The van der Waals surface area contributed by atoms with Gasteiger partial charge in [0, 0.05) is 6.04 Å². The number of hydrogen-bond acceptors (Lipinski definition) is 2. The van der Waals surface area contributed by atoms with Crippen molar-refractivity contribution in [3.63, 3.8) is 0 Å². The first kappa shape index (κ1) is 11.1. The van der Waals surface area contributed by atoms with E-state index in [9.17, 15) is 9.50 Å². The molecule has 0 spiro atoms. The molecule has 3 unspecified atom stereocenters. The zero-order valence-corrected chi connectivity index (χ0v) is 8.44. The highest BCUT2D eigenvalue weighted by Gasteiger charge is 2.13. The van der Waals surface area contributed by atoms with E-state index in [1.165, 1.54) is 6.92 Å². The summed E-state index contributed by atoms with van der Waals surface area (Å²) < 4.78 is 13.0. The Kier molecular flexibility index (Phi) is 3.61. The van der Waals surface area contributed by atoms with E-state index in [1.807, 2.05) is 0 Å². The minimum absolute atomic E-state index is 0.347. The fourth-order valence-electron chi connectivity index (χ4n) is 1.29. The van der Waals surface area contributed by atoms with Gasteiger partial charge in [-0.15, -0.1) is 0 Å². The third-order valence-corrected chi connectivity index (χ3v) is 2.21. The van der Waals surface area contributed by atoms with Crippen LogP contribution in [-0.4, -0.2) is 11.1 Å². The summed E-state index contributed by atoms with van der Waals surface area (Å²) in [6, 6.07) is 6.48. The standard InChI is InChI=1S/C11H16FNO/c1-7(12)9-4-3-5-10(6-9)11(14)8(2)13/h3-8,11,14H,13H2,1-2H3. The smallest absolute Gasteiger partial charge is 0.122 e. The van der Waals surface area contributed by atoms with E-state index in [0.29, 0.717) is 11.1 Å². The van der Waals surface area contributed by atoms with Gasteiger partial charge in [0.15, 0.2) is 0 Å². The van der Waals surface area contributed by atoms with E-state index in [0.717, 1.165) is 0 Å². The summed E-state index contributed by atoms with van der Waals surface area (Å²) in [4.78, 5) is 0. The fourth-order valence-corrected chi connectivity index (χ4v) is 1.29. The Morgan fingerprint density at radius 3 is 2.36 bits per heavy atom. The maximum absolute atomic E-state index is 13.0. The van der Waals surface area contributed by atoms with E-state index < -0.39 is 12.3 Å². The van der Waals surface area contributed by atoms with Crippen LogP contribution < -0.4 is 5.73 Å². The van der Waals surface area contributed by atoms with Crippen LogP contribution in [0.5, 0.6) is 0 Å². The van der Waals surface area contributed by atoms with Crippen molar-refractivity contribution < 1.29 is 9.50 Å². The summed E-state index contributed by atoms with van der Waals surface area (Å²) in [6.07, 6.45) is -1.75. The molecular formula is C11H16FNO. The van der Waals surface area contributed by atoms with Crippen LogP contribution in [0.4, 0.5) is 4.39 Å². The third-order valence-electron chi connectivity index (χ3n) is 2.21. The molecule has 0 aliphatic rings. The predicted octanol–water partition coefficient (Wildman–Crippen LogP) is 2.10. The summed E-state index contributed by atoms with van der Waals surface area (Å²) in [5, 5.41) is 9.66. The van der Waals surface area contributed by atoms with Gasteiger partial charge in [-0.1, -0.05) is 24.3 Å². The van der Waals surface area contributed by atoms with Gasteiger partial charge >= 0.3 is 0 Å². The van der Waals surface area contributed by atoms with Crippen molar-refractivity contribution in [2.75, 3.05) is 0 Å². The molecular weight excluding hydrogens is 181 g/mol. The monoisotopic (exact) mass is 197 g/mol. The summed E-state index contributed by atoms with van der Waals surface area (Å²) in [7, 11) is 0. The highest BCUT2D eigenvalue weighted by atomic mass is 19.1. The number of nitrogens with two attached hydrogens (primary N) is 1. The quantitative estimate of drug-likeness (QED) is 0.779. The molecule has 0 aromatic heterocycles. The predicted molar refractivity (Wildman–Crippen MR) is 54.6 cm³/mol. The second kappa shape index (κ2) is 4.53. The lowest BCUT2D eigenvalue weighted by Crippen LogP contribution is -2.24. The number of aliphatic hydroxyl groups excluding tert-OH is 1. The molecule has 3 heteroatoms. The number of hydrogen-bond donors (Lipinski definition) is 2. The van der Waals surface area contributed by atoms with Crippen molar-refractivity contribution in [2.24, 2.45) is 5.73 Å².